The van der Waals surface area contributed by atoms with E-state index >= 15 is 0 Å². The molecular formula is C21H21N3O2S2. The molecule has 144 valence electrons. The number of aromatic nitrogens is 1. The van der Waals surface area contributed by atoms with Crippen molar-refractivity contribution >= 4 is 45.7 Å². The number of carbonyl (C=O) groups excluding carboxylic acids is 2. The van der Waals surface area contributed by atoms with Crippen LogP contribution in [0.1, 0.15) is 18.2 Å². The van der Waals surface area contributed by atoms with Crippen molar-refractivity contribution in [3.63, 3.8) is 0 Å². The van der Waals surface area contributed by atoms with Gasteiger partial charge >= 0.3 is 0 Å². The number of anilines is 2. The Hall–Kier alpha value is -2.64. The third-order valence-corrected chi connectivity index (χ3v) is 5.86. The van der Waals surface area contributed by atoms with Gasteiger partial charge in [-0.05, 0) is 43.7 Å². The van der Waals surface area contributed by atoms with E-state index in [0.717, 1.165) is 21.8 Å². The third-order valence-electron chi connectivity index (χ3n) is 3.88. The molecule has 0 fully saturated rings. The van der Waals surface area contributed by atoms with Gasteiger partial charge in [0.05, 0.1) is 17.4 Å². The highest BCUT2D eigenvalue weighted by Gasteiger charge is 2.16. The summed E-state index contributed by atoms with van der Waals surface area (Å²) in [5.41, 5.74) is 2.61. The number of aryl methyl sites for hydroxylation is 1. The zero-order chi connectivity index (χ0) is 19.9. The molecule has 0 bridgehead atoms. The van der Waals surface area contributed by atoms with Gasteiger partial charge in [0.2, 0.25) is 11.8 Å². The van der Waals surface area contributed by atoms with E-state index in [0.29, 0.717) is 11.6 Å². The van der Waals surface area contributed by atoms with Gasteiger partial charge in [-0.25, -0.2) is 4.98 Å². The molecule has 1 aromatic heterocycles. The van der Waals surface area contributed by atoms with Crippen LogP contribution in [0.2, 0.25) is 0 Å². The fourth-order valence-electron chi connectivity index (χ4n) is 2.48. The van der Waals surface area contributed by atoms with Crippen molar-refractivity contribution < 1.29 is 9.59 Å². The van der Waals surface area contributed by atoms with Crippen LogP contribution in [0.3, 0.4) is 0 Å². The second-order valence-electron chi connectivity index (χ2n) is 6.28. The number of hydrogen-bond donors (Lipinski definition) is 2. The Morgan fingerprint density at radius 2 is 1.79 bits per heavy atom. The van der Waals surface area contributed by atoms with Gasteiger partial charge in [0.1, 0.15) is 0 Å². The van der Waals surface area contributed by atoms with Gasteiger partial charge in [0.15, 0.2) is 5.13 Å². The minimum atomic E-state index is -0.261. The molecule has 0 saturated carbocycles. The zero-order valence-corrected chi connectivity index (χ0v) is 17.3. The van der Waals surface area contributed by atoms with Crippen LogP contribution in [0.15, 0.2) is 64.9 Å². The quantitative estimate of drug-likeness (QED) is 0.550. The average Bonchev–Trinajstić information content (AvgIpc) is 3.08. The Morgan fingerprint density at radius 3 is 2.43 bits per heavy atom. The summed E-state index contributed by atoms with van der Waals surface area (Å²) in [6, 6.07) is 17.1. The second-order valence-corrected chi connectivity index (χ2v) is 8.55. The van der Waals surface area contributed by atoms with Crippen LogP contribution in [0.5, 0.6) is 0 Å². The summed E-state index contributed by atoms with van der Waals surface area (Å²) < 4.78 is 0. The van der Waals surface area contributed by atoms with Crippen molar-refractivity contribution in [3.8, 4) is 0 Å². The largest absolute Gasteiger partial charge is 0.326 e. The number of benzene rings is 2. The SMILES string of the molecule is Cc1csc(NC(=O)C(C)Sc2ccc(NC(=O)Cc3ccccc3)cc2)n1. The Kier molecular flexibility index (Phi) is 6.84. The van der Waals surface area contributed by atoms with Crippen LogP contribution in [-0.2, 0) is 16.0 Å². The first kappa shape index (κ1) is 20.1. The van der Waals surface area contributed by atoms with Crippen LogP contribution in [0, 0.1) is 6.92 Å². The second kappa shape index (κ2) is 9.52. The number of nitrogens with one attached hydrogen (secondary N) is 2. The lowest BCUT2D eigenvalue weighted by molar-refractivity contribution is -0.116. The monoisotopic (exact) mass is 411 g/mol. The molecule has 1 unspecified atom stereocenters. The Morgan fingerprint density at radius 1 is 1.07 bits per heavy atom. The molecule has 0 aliphatic heterocycles. The molecule has 1 atom stereocenters. The van der Waals surface area contributed by atoms with E-state index < -0.39 is 0 Å². The summed E-state index contributed by atoms with van der Waals surface area (Å²) >= 11 is 2.88. The maximum Gasteiger partial charge on any atom is 0.239 e. The highest BCUT2D eigenvalue weighted by atomic mass is 32.2. The standard InChI is InChI=1S/C21H21N3O2S2/c1-14-13-27-21(22-14)24-20(26)15(2)28-18-10-8-17(9-11-18)23-19(25)12-16-6-4-3-5-7-16/h3-11,13,15H,12H2,1-2H3,(H,23,25)(H,22,24,26). The number of carbonyl (C=O) groups is 2. The lowest BCUT2D eigenvalue weighted by Gasteiger charge is -2.11. The number of rotatable bonds is 7. The molecule has 3 aromatic rings. The molecule has 1 heterocycles. The summed E-state index contributed by atoms with van der Waals surface area (Å²) in [5, 5.41) is 7.99. The van der Waals surface area contributed by atoms with Crippen LogP contribution >= 0.6 is 23.1 Å². The minimum Gasteiger partial charge on any atom is -0.326 e. The van der Waals surface area contributed by atoms with Crippen LogP contribution < -0.4 is 10.6 Å². The summed E-state index contributed by atoms with van der Waals surface area (Å²) in [7, 11) is 0. The van der Waals surface area contributed by atoms with Crippen molar-refractivity contribution in [1.29, 1.82) is 0 Å². The summed E-state index contributed by atoms with van der Waals surface area (Å²) in [6.07, 6.45) is 0.338. The van der Waals surface area contributed by atoms with Gasteiger partial charge in [-0.3, -0.25) is 9.59 Å². The topological polar surface area (TPSA) is 71.1 Å². The fourth-order valence-corrected chi connectivity index (χ4v) is 4.04. The maximum atomic E-state index is 12.3. The van der Waals surface area contributed by atoms with Gasteiger partial charge < -0.3 is 10.6 Å². The minimum absolute atomic E-state index is 0.0573. The van der Waals surface area contributed by atoms with E-state index in [1.54, 1.807) is 0 Å². The fraction of sp³-hybridized carbons (Fsp3) is 0.190. The molecule has 2 amide bonds. The molecule has 2 aromatic carbocycles. The first-order chi connectivity index (χ1) is 13.5. The third kappa shape index (κ3) is 5.94. The first-order valence-electron chi connectivity index (χ1n) is 8.83. The average molecular weight is 412 g/mol. The number of amides is 2. The van der Waals surface area contributed by atoms with Gasteiger partial charge in [-0.2, -0.15) is 0 Å². The zero-order valence-electron chi connectivity index (χ0n) is 15.6. The van der Waals surface area contributed by atoms with Crippen molar-refractivity contribution in [2.45, 2.75) is 30.4 Å². The Balaban J connectivity index is 1.50. The highest BCUT2D eigenvalue weighted by Crippen LogP contribution is 2.26. The first-order valence-corrected chi connectivity index (χ1v) is 10.6. The molecular weight excluding hydrogens is 390 g/mol. The predicted molar refractivity (Wildman–Crippen MR) is 116 cm³/mol. The van der Waals surface area contributed by atoms with E-state index in [4.69, 9.17) is 0 Å². The molecule has 28 heavy (non-hydrogen) atoms. The lowest BCUT2D eigenvalue weighted by atomic mass is 10.1. The van der Waals surface area contributed by atoms with Crippen molar-refractivity contribution in [3.05, 3.63) is 71.2 Å². The summed E-state index contributed by atoms with van der Waals surface area (Å²) in [5.74, 6) is -0.141. The van der Waals surface area contributed by atoms with E-state index in [9.17, 15) is 9.59 Å². The van der Waals surface area contributed by atoms with Gasteiger partial charge in [0.25, 0.3) is 0 Å². The Bertz CT molecular complexity index is 940. The van der Waals surface area contributed by atoms with Crippen LogP contribution in [-0.4, -0.2) is 22.0 Å². The van der Waals surface area contributed by atoms with E-state index in [-0.39, 0.29) is 17.1 Å². The molecule has 0 aliphatic rings. The van der Waals surface area contributed by atoms with Gasteiger partial charge in [-0.1, -0.05) is 30.3 Å². The van der Waals surface area contributed by atoms with Gasteiger partial charge in [-0.15, -0.1) is 23.1 Å². The van der Waals surface area contributed by atoms with Crippen LogP contribution in [0.25, 0.3) is 0 Å². The summed E-state index contributed by atoms with van der Waals surface area (Å²) in [4.78, 5) is 29.6. The van der Waals surface area contributed by atoms with E-state index in [1.165, 1.54) is 23.1 Å². The molecule has 0 aliphatic carbocycles. The summed E-state index contributed by atoms with van der Waals surface area (Å²) in [6.45, 7) is 3.75. The molecule has 0 spiro atoms. The number of nitrogens with zero attached hydrogens (tertiary/aromatic N) is 1. The maximum absolute atomic E-state index is 12.3. The smallest absolute Gasteiger partial charge is 0.239 e. The Labute approximate surface area is 172 Å². The van der Waals surface area contributed by atoms with E-state index in [2.05, 4.69) is 15.6 Å². The number of hydrogen-bond acceptors (Lipinski definition) is 5. The van der Waals surface area contributed by atoms with Crippen LogP contribution in [0.4, 0.5) is 10.8 Å². The normalized spacial score (nSPS) is 11.6. The molecule has 5 nitrogen and oxygen atoms in total. The van der Waals surface area contributed by atoms with Gasteiger partial charge in [0, 0.05) is 16.0 Å². The lowest BCUT2D eigenvalue weighted by Crippen LogP contribution is -2.22. The van der Waals surface area contributed by atoms with Crippen molar-refractivity contribution in [2.24, 2.45) is 0 Å². The molecule has 0 radical (unpaired) electrons. The van der Waals surface area contributed by atoms with Crippen molar-refractivity contribution in [1.82, 2.24) is 4.98 Å². The number of thiazole rings is 1. The highest BCUT2D eigenvalue weighted by molar-refractivity contribution is 8.00. The molecule has 0 saturated heterocycles. The molecule has 2 N–H and O–H groups in total. The molecule has 7 heteroatoms. The number of thioether (sulfide) groups is 1. The van der Waals surface area contributed by atoms with E-state index in [1.807, 2.05) is 73.8 Å². The van der Waals surface area contributed by atoms with Crippen molar-refractivity contribution in [2.75, 3.05) is 10.6 Å². The molecule has 3 rings (SSSR count). The predicted octanol–water partition coefficient (Wildman–Crippen LogP) is 4.75.